The SMILES string of the molecule is C1CCOCC1.CC1CCOCC1.CN1CCCCC1. The van der Waals surface area contributed by atoms with E-state index in [1.54, 1.807) is 0 Å². The first kappa shape index (κ1) is 17.9. The topological polar surface area (TPSA) is 21.7 Å². The maximum atomic E-state index is 5.14. The Hall–Kier alpha value is -0.120. The number of likely N-dealkylation sites (tertiary alicyclic amines) is 1. The molecule has 0 bridgehead atoms. The number of hydrogen-bond acceptors (Lipinski definition) is 3. The molecular formula is C17H35NO2. The smallest absolute Gasteiger partial charge is 0.0468 e. The Kier molecular flexibility index (Phi) is 11.3. The predicted octanol–water partition coefficient (Wildman–Crippen LogP) is 3.72. The van der Waals surface area contributed by atoms with Crippen LogP contribution in [0.25, 0.3) is 0 Å². The second-order valence-electron chi connectivity index (χ2n) is 6.33. The highest BCUT2D eigenvalue weighted by molar-refractivity contribution is 4.58. The molecule has 0 atom stereocenters. The van der Waals surface area contributed by atoms with Crippen LogP contribution < -0.4 is 0 Å². The van der Waals surface area contributed by atoms with Crippen LogP contribution in [0, 0.1) is 5.92 Å². The van der Waals surface area contributed by atoms with Crippen molar-refractivity contribution >= 4 is 0 Å². The summed E-state index contributed by atoms with van der Waals surface area (Å²) >= 11 is 0. The average Bonchev–Trinajstić information content (AvgIpc) is 2.52. The number of hydrogen-bond donors (Lipinski definition) is 0. The van der Waals surface area contributed by atoms with Gasteiger partial charge in [-0.05, 0) is 71.0 Å². The lowest BCUT2D eigenvalue weighted by Gasteiger charge is -2.20. The third-order valence-electron chi connectivity index (χ3n) is 4.17. The zero-order valence-corrected chi connectivity index (χ0v) is 13.7. The van der Waals surface area contributed by atoms with Gasteiger partial charge in [-0.25, -0.2) is 0 Å². The molecule has 3 heterocycles. The Morgan fingerprint density at radius 2 is 1.20 bits per heavy atom. The Labute approximate surface area is 126 Å². The molecule has 0 unspecified atom stereocenters. The van der Waals surface area contributed by atoms with E-state index in [1.807, 2.05) is 0 Å². The van der Waals surface area contributed by atoms with Crippen LogP contribution in [0.2, 0.25) is 0 Å². The molecule has 3 aliphatic heterocycles. The molecule has 3 nitrogen and oxygen atoms in total. The van der Waals surface area contributed by atoms with Crippen LogP contribution in [0.4, 0.5) is 0 Å². The van der Waals surface area contributed by atoms with Crippen LogP contribution in [-0.4, -0.2) is 51.5 Å². The summed E-state index contributed by atoms with van der Waals surface area (Å²) in [7, 11) is 2.19. The fourth-order valence-electron chi connectivity index (χ4n) is 2.55. The van der Waals surface area contributed by atoms with E-state index in [2.05, 4.69) is 18.9 Å². The van der Waals surface area contributed by atoms with Gasteiger partial charge in [-0.15, -0.1) is 0 Å². The molecule has 0 spiro atoms. The van der Waals surface area contributed by atoms with Crippen LogP contribution in [-0.2, 0) is 9.47 Å². The molecule has 3 saturated heterocycles. The Bertz CT molecular complexity index is 168. The number of rotatable bonds is 0. The van der Waals surface area contributed by atoms with Crippen molar-refractivity contribution in [1.82, 2.24) is 4.90 Å². The first-order chi connectivity index (χ1) is 9.79. The number of ether oxygens (including phenoxy) is 2. The van der Waals surface area contributed by atoms with E-state index in [-0.39, 0.29) is 0 Å². The minimum atomic E-state index is 0.911. The number of nitrogens with zero attached hydrogens (tertiary/aromatic N) is 1. The molecule has 0 saturated carbocycles. The summed E-state index contributed by atoms with van der Waals surface area (Å²) in [6.45, 7) is 8.89. The van der Waals surface area contributed by atoms with Gasteiger partial charge < -0.3 is 14.4 Å². The van der Waals surface area contributed by atoms with Crippen molar-refractivity contribution in [3.63, 3.8) is 0 Å². The summed E-state index contributed by atoms with van der Waals surface area (Å²) in [4.78, 5) is 2.39. The molecule has 0 aromatic carbocycles. The molecule has 0 N–H and O–H groups in total. The second-order valence-corrected chi connectivity index (χ2v) is 6.33. The molecular weight excluding hydrogens is 250 g/mol. The van der Waals surface area contributed by atoms with E-state index in [4.69, 9.17) is 9.47 Å². The maximum absolute atomic E-state index is 5.14. The number of piperidine rings is 1. The summed E-state index contributed by atoms with van der Waals surface area (Å²) in [5, 5.41) is 0. The summed E-state index contributed by atoms with van der Waals surface area (Å²) in [5.74, 6) is 0.911. The van der Waals surface area contributed by atoms with E-state index < -0.39 is 0 Å². The predicted molar refractivity (Wildman–Crippen MR) is 85.2 cm³/mol. The Balaban J connectivity index is 0.000000151. The minimum absolute atomic E-state index is 0.911. The quantitative estimate of drug-likeness (QED) is 0.677. The molecule has 0 aliphatic carbocycles. The van der Waals surface area contributed by atoms with Gasteiger partial charge in [0.2, 0.25) is 0 Å². The van der Waals surface area contributed by atoms with Gasteiger partial charge in [0.25, 0.3) is 0 Å². The molecule has 3 aliphatic rings. The minimum Gasteiger partial charge on any atom is -0.381 e. The molecule has 0 aromatic heterocycles. The lowest BCUT2D eigenvalue weighted by Crippen LogP contribution is -2.24. The summed E-state index contributed by atoms with van der Waals surface area (Å²) in [6, 6.07) is 0. The maximum Gasteiger partial charge on any atom is 0.0468 e. The largest absolute Gasteiger partial charge is 0.381 e. The van der Waals surface area contributed by atoms with Crippen LogP contribution in [0.15, 0.2) is 0 Å². The zero-order valence-electron chi connectivity index (χ0n) is 13.7. The van der Waals surface area contributed by atoms with Crippen molar-refractivity contribution in [2.75, 3.05) is 46.6 Å². The van der Waals surface area contributed by atoms with Crippen molar-refractivity contribution in [3.05, 3.63) is 0 Å². The molecule has 3 rings (SSSR count). The van der Waals surface area contributed by atoms with Crippen molar-refractivity contribution in [3.8, 4) is 0 Å². The lowest BCUT2D eigenvalue weighted by molar-refractivity contribution is 0.0716. The zero-order chi connectivity index (χ0) is 14.5. The fraction of sp³-hybridized carbons (Fsp3) is 1.00. The van der Waals surface area contributed by atoms with Gasteiger partial charge in [0.15, 0.2) is 0 Å². The third kappa shape index (κ3) is 10.6. The van der Waals surface area contributed by atoms with Gasteiger partial charge in [-0.1, -0.05) is 13.3 Å². The molecule has 120 valence electrons. The van der Waals surface area contributed by atoms with Gasteiger partial charge in [0, 0.05) is 26.4 Å². The van der Waals surface area contributed by atoms with E-state index in [0.717, 1.165) is 32.3 Å². The molecule has 20 heavy (non-hydrogen) atoms. The van der Waals surface area contributed by atoms with E-state index in [9.17, 15) is 0 Å². The average molecular weight is 285 g/mol. The Morgan fingerprint density at radius 3 is 1.45 bits per heavy atom. The van der Waals surface area contributed by atoms with Crippen LogP contribution in [0.1, 0.15) is 58.3 Å². The highest BCUT2D eigenvalue weighted by atomic mass is 16.5. The van der Waals surface area contributed by atoms with Gasteiger partial charge in [0.05, 0.1) is 0 Å². The molecule has 0 radical (unpaired) electrons. The second kappa shape index (κ2) is 12.6. The van der Waals surface area contributed by atoms with Crippen molar-refractivity contribution in [2.24, 2.45) is 5.92 Å². The molecule has 3 heteroatoms. The highest BCUT2D eigenvalue weighted by Gasteiger charge is 2.06. The first-order valence-electron chi connectivity index (χ1n) is 8.63. The van der Waals surface area contributed by atoms with Gasteiger partial charge in [0.1, 0.15) is 0 Å². The monoisotopic (exact) mass is 285 g/mol. The third-order valence-corrected chi connectivity index (χ3v) is 4.17. The van der Waals surface area contributed by atoms with Crippen molar-refractivity contribution in [2.45, 2.75) is 58.3 Å². The summed E-state index contributed by atoms with van der Waals surface area (Å²) in [5.41, 5.74) is 0. The van der Waals surface area contributed by atoms with Crippen LogP contribution >= 0.6 is 0 Å². The molecule has 0 amide bonds. The lowest BCUT2D eigenvalue weighted by atomic mass is 10.0. The van der Waals surface area contributed by atoms with E-state index in [0.29, 0.717) is 0 Å². The van der Waals surface area contributed by atoms with Crippen molar-refractivity contribution < 1.29 is 9.47 Å². The Morgan fingerprint density at radius 1 is 0.700 bits per heavy atom. The van der Waals surface area contributed by atoms with Gasteiger partial charge in [-0.2, -0.15) is 0 Å². The van der Waals surface area contributed by atoms with Gasteiger partial charge >= 0.3 is 0 Å². The fourth-order valence-corrected chi connectivity index (χ4v) is 2.55. The van der Waals surface area contributed by atoms with Crippen LogP contribution in [0.3, 0.4) is 0 Å². The molecule has 0 aromatic rings. The summed E-state index contributed by atoms with van der Waals surface area (Å²) < 4.78 is 10.2. The van der Waals surface area contributed by atoms with E-state index in [1.165, 1.54) is 64.5 Å². The standard InChI is InChI=1S/C6H13N.C6H12O.C5H10O/c1-7-5-3-2-4-6-7;1-6-2-4-7-5-3-6;1-2-4-6-5-3-1/h2-6H2,1H3;6H,2-5H2,1H3;1-5H2. The summed E-state index contributed by atoms with van der Waals surface area (Å²) in [6.07, 6.45) is 10.7. The normalized spacial score (nSPS) is 24.9. The van der Waals surface area contributed by atoms with Crippen LogP contribution in [0.5, 0.6) is 0 Å². The highest BCUT2D eigenvalue weighted by Crippen LogP contribution is 2.11. The molecule has 3 fully saturated rings. The van der Waals surface area contributed by atoms with E-state index >= 15 is 0 Å². The first-order valence-corrected chi connectivity index (χ1v) is 8.63. The van der Waals surface area contributed by atoms with Crippen molar-refractivity contribution in [1.29, 1.82) is 0 Å². The van der Waals surface area contributed by atoms with Gasteiger partial charge in [-0.3, -0.25) is 0 Å².